The first kappa shape index (κ1) is 15.0. The Labute approximate surface area is 136 Å². The maximum Gasteiger partial charge on any atom is 0.326 e. The Morgan fingerprint density at radius 2 is 2.00 bits per heavy atom. The van der Waals surface area contributed by atoms with Gasteiger partial charge in [-0.25, -0.2) is 4.79 Å². The number of rotatable bonds is 2. The van der Waals surface area contributed by atoms with Gasteiger partial charge < -0.3 is 10.0 Å². The molecule has 1 aromatic rings. The first-order chi connectivity index (χ1) is 10.1. The Hall–Kier alpha value is -0.880. The van der Waals surface area contributed by atoms with Gasteiger partial charge in [0.2, 0.25) is 0 Å². The van der Waals surface area contributed by atoms with Crippen LogP contribution in [-0.2, 0) is 4.79 Å². The maximum atomic E-state index is 12.8. The minimum Gasteiger partial charge on any atom is -0.480 e. The molecule has 1 saturated carbocycles. The molecular weight excluding hydrogens is 354 g/mol. The Kier molecular flexibility index (Phi) is 4.36. The standard InChI is InChI=1S/C15H18BrNO3S/c16-13-7-10(8-21-13)14(18)17-11-4-2-1-3-9(11)5-6-12(17)15(19)20/h7-9,11-12H,1-6H2,(H,19,20). The smallest absolute Gasteiger partial charge is 0.326 e. The molecule has 1 aliphatic carbocycles. The van der Waals surface area contributed by atoms with E-state index in [0.29, 0.717) is 17.9 Å². The second-order valence-corrected chi connectivity index (χ2v) is 8.19. The summed E-state index contributed by atoms with van der Waals surface area (Å²) in [5, 5.41) is 11.3. The van der Waals surface area contributed by atoms with E-state index in [1.165, 1.54) is 17.8 Å². The van der Waals surface area contributed by atoms with Crippen LogP contribution in [0.4, 0.5) is 0 Å². The van der Waals surface area contributed by atoms with E-state index in [0.717, 1.165) is 29.5 Å². The van der Waals surface area contributed by atoms with Crippen molar-refractivity contribution in [2.45, 2.75) is 50.6 Å². The van der Waals surface area contributed by atoms with Crippen molar-refractivity contribution >= 4 is 39.1 Å². The second kappa shape index (κ2) is 6.08. The van der Waals surface area contributed by atoms with Crippen molar-refractivity contribution in [3.63, 3.8) is 0 Å². The summed E-state index contributed by atoms with van der Waals surface area (Å²) < 4.78 is 0.898. The maximum absolute atomic E-state index is 12.8. The van der Waals surface area contributed by atoms with E-state index in [4.69, 9.17) is 0 Å². The molecule has 1 aliphatic heterocycles. The van der Waals surface area contributed by atoms with Crippen molar-refractivity contribution in [3.8, 4) is 0 Å². The average Bonchev–Trinajstić information content (AvgIpc) is 2.91. The molecule has 4 nitrogen and oxygen atoms in total. The zero-order valence-corrected chi connectivity index (χ0v) is 14.0. The van der Waals surface area contributed by atoms with E-state index in [1.807, 2.05) is 0 Å². The molecule has 21 heavy (non-hydrogen) atoms. The zero-order valence-electron chi connectivity index (χ0n) is 11.6. The van der Waals surface area contributed by atoms with E-state index < -0.39 is 12.0 Å². The Morgan fingerprint density at radius 3 is 2.67 bits per heavy atom. The number of carbonyl (C=O) groups excluding carboxylic acids is 1. The number of hydrogen-bond donors (Lipinski definition) is 1. The third-order valence-corrected chi connectivity index (χ3v) is 6.21. The predicted octanol–water partition coefficient (Wildman–Crippen LogP) is 3.76. The Bertz CT molecular complexity index is 559. The number of fused-ring (bicyclic) bond motifs is 1. The van der Waals surface area contributed by atoms with Gasteiger partial charge >= 0.3 is 5.97 Å². The van der Waals surface area contributed by atoms with E-state index >= 15 is 0 Å². The van der Waals surface area contributed by atoms with Crippen molar-refractivity contribution in [3.05, 3.63) is 20.8 Å². The highest BCUT2D eigenvalue weighted by Gasteiger charge is 2.44. The van der Waals surface area contributed by atoms with Crippen LogP contribution in [0.2, 0.25) is 0 Å². The molecule has 0 spiro atoms. The quantitative estimate of drug-likeness (QED) is 0.860. The van der Waals surface area contributed by atoms with Crippen molar-refractivity contribution in [2.24, 2.45) is 5.92 Å². The van der Waals surface area contributed by atoms with E-state index in [-0.39, 0.29) is 11.9 Å². The number of nitrogens with zero attached hydrogens (tertiary/aromatic N) is 1. The lowest BCUT2D eigenvalue weighted by Gasteiger charge is -2.47. The SMILES string of the molecule is O=C(O)C1CCC2CCCCC2N1C(=O)c1csc(Br)c1. The monoisotopic (exact) mass is 371 g/mol. The van der Waals surface area contributed by atoms with Crippen LogP contribution in [0.3, 0.4) is 0 Å². The number of likely N-dealkylation sites (tertiary alicyclic amines) is 1. The first-order valence-corrected chi connectivity index (χ1v) is 9.04. The van der Waals surface area contributed by atoms with Gasteiger partial charge in [0.15, 0.2) is 0 Å². The van der Waals surface area contributed by atoms with E-state index in [1.54, 1.807) is 16.3 Å². The normalized spacial score (nSPS) is 29.0. The molecule has 3 unspecified atom stereocenters. The molecule has 1 aromatic heterocycles. The van der Waals surface area contributed by atoms with Crippen LogP contribution in [-0.4, -0.2) is 34.0 Å². The Morgan fingerprint density at radius 1 is 1.24 bits per heavy atom. The van der Waals surface area contributed by atoms with Gasteiger partial charge in [-0.05, 0) is 53.6 Å². The average molecular weight is 372 g/mol. The molecule has 3 rings (SSSR count). The molecule has 2 fully saturated rings. The summed E-state index contributed by atoms with van der Waals surface area (Å²) in [6.45, 7) is 0. The van der Waals surface area contributed by atoms with Gasteiger partial charge in [0.1, 0.15) is 6.04 Å². The topological polar surface area (TPSA) is 57.6 Å². The highest BCUT2D eigenvalue weighted by Crippen LogP contribution is 2.39. The highest BCUT2D eigenvalue weighted by molar-refractivity contribution is 9.11. The van der Waals surface area contributed by atoms with Crippen molar-refractivity contribution in [1.29, 1.82) is 0 Å². The van der Waals surface area contributed by atoms with Crippen molar-refractivity contribution in [2.75, 3.05) is 0 Å². The third-order valence-electron chi connectivity index (χ3n) is 4.71. The zero-order chi connectivity index (χ0) is 15.0. The number of carboxylic acids is 1. The molecule has 0 aromatic carbocycles. The Balaban J connectivity index is 1.92. The van der Waals surface area contributed by atoms with Gasteiger partial charge in [-0.2, -0.15) is 0 Å². The van der Waals surface area contributed by atoms with Gasteiger partial charge in [0.25, 0.3) is 5.91 Å². The fourth-order valence-electron chi connectivity index (χ4n) is 3.74. The molecule has 1 amide bonds. The lowest BCUT2D eigenvalue weighted by molar-refractivity contribution is -0.146. The van der Waals surface area contributed by atoms with Crippen molar-refractivity contribution in [1.82, 2.24) is 4.90 Å². The molecule has 3 atom stereocenters. The minimum absolute atomic E-state index is 0.0970. The fourth-order valence-corrected chi connectivity index (χ4v) is 4.87. The van der Waals surface area contributed by atoms with E-state index in [2.05, 4.69) is 15.9 Å². The van der Waals surface area contributed by atoms with Crippen LogP contribution >= 0.6 is 27.3 Å². The van der Waals surface area contributed by atoms with Crippen molar-refractivity contribution < 1.29 is 14.7 Å². The summed E-state index contributed by atoms with van der Waals surface area (Å²) in [4.78, 5) is 26.1. The fraction of sp³-hybridized carbons (Fsp3) is 0.600. The van der Waals surface area contributed by atoms with Gasteiger partial charge in [0, 0.05) is 11.4 Å². The van der Waals surface area contributed by atoms with Gasteiger partial charge in [0.05, 0.1) is 9.35 Å². The lowest BCUT2D eigenvalue weighted by Crippen LogP contribution is -2.57. The number of aliphatic carboxylic acids is 1. The minimum atomic E-state index is -0.873. The first-order valence-electron chi connectivity index (χ1n) is 7.37. The van der Waals surface area contributed by atoms with Crippen LogP contribution in [0.5, 0.6) is 0 Å². The molecule has 2 aliphatic rings. The number of halogens is 1. The van der Waals surface area contributed by atoms with E-state index in [9.17, 15) is 14.7 Å². The largest absolute Gasteiger partial charge is 0.480 e. The molecule has 0 radical (unpaired) electrons. The number of piperidine rings is 1. The summed E-state index contributed by atoms with van der Waals surface area (Å²) in [5.41, 5.74) is 0.601. The molecule has 1 saturated heterocycles. The highest BCUT2D eigenvalue weighted by atomic mass is 79.9. The predicted molar refractivity (Wildman–Crippen MR) is 84.6 cm³/mol. The number of amides is 1. The molecule has 2 heterocycles. The summed E-state index contributed by atoms with van der Waals surface area (Å²) in [6, 6.07) is 1.22. The molecule has 6 heteroatoms. The van der Waals surface area contributed by atoms with Gasteiger partial charge in [-0.1, -0.05) is 12.8 Å². The number of hydrogen-bond acceptors (Lipinski definition) is 3. The molecule has 0 bridgehead atoms. The molecule has 1 N–H and O–H groups in total. The van der Waals surface area contributed by atoms with Gasteiger partial charge in [-0.15, -0.1) is 11.3 Å². The van der Waals surface area contributed by atoms with Crippen LogP contribution < -0.4 is 0 Å². The number of carboxylic acid groups (broad SMARTS) is 1. The lowest BCUT2D eigenvalue weighted by atomic mass is 9.76. The van der Waals surface area contributed by atoms with Crippen LogP contribution in [0.15, 0.2) is 15.2 Å². The third kappa shape index (κ3) is 2.88. The summed E-state index contributed by atoms with van der Waals surface area (Å²) in [6.07, 6.45) is 5.85. The van der Waals surface area contributed by atoms with Crippen LogP contribution in [0.1, 0.15) is 48.9 Å². The van der Waals surface area contributed by atoms with Gasteiger partial charge in [-0.3, -0.25) is 4.79 Å². The summed E-state index contributed by atoms with van der Waals surface area (Å²) in [7, 11) is 0. The second-order valence-electron chi connectivity index (χ2n) is 5.90. The summed E-state index contributed by atoms with van der Waals surface area (Å²) >= 11 is 4.83. The van der Waals surface area contributed by atoms with Crippen LogP contribution in [0.25, 0.3) is 0 Å². The molecular formula is C15H18BrNO3S. The summed E-state index contributed by atoms with van der Waals surface area (Å²) in [5.74, 6) is -0.525. The number of thiophene rings is 1. The number of carbonyl (C=O) groups is 2. The molecule has 114 valence electrons. The van der Waals surface area contributed by atoms with Crippen LogP contribution in [0, 0.1) is 5.92 Å².